The Morgan fingerprint density at radius 1 is 1.00 bits per heavy atom. The van der Waals surface area contributed by atoms with Gasteiger partial charge in [-0.2, -0.15) is 0 Å². The number of rotatable bonds is 7. The van der Waals surface area contributed by atoms with Crippen molar-refractivity contribution < 1.29 is 0 Å². The lowest BCUT2D eigenvalue weighted by atomic mass is 10.4. The van der Waals surface area contributed by atoms with Gasteiger partial charge < -0.3 is 15.6 Å². The summed E-state index contributed by atoms with van der Waals surface area (Å²) in [7, 11) is -0.233. The van der Waals surface area contributed by atoms with E-state index in [0.717, 1.165) is 6.54 Å². The summed E-state index contributed by atoms with van der Waals surface area (Å²) in [6.45, 7) is 12.0. The fourth-order valence-corrected chi connectivity index (χ4v) is 3.02. The van der Waals surface area contributed by atoms with E-state index in [1.165, 1.54) is 0 Å². The van der Waals surface area contributed by atoms with Gasteiger partial charge >= 0.3 is 0 Å². The molecule has 0 heterocycles. The van der Waals surface area contributed by atoms with Crippen LogP contribution in [0.15, 0.2) is 0 Å². The van der Waals surface area contributed by atoms with Crippen LogP contribution in [0.3, 0.4) is 0 Å². The molecule has 0 atom stereocenters. The fourth-order valence-electron chi connectivity index (χ4n) is 1.26. The molecule has 0 aliphatic carbocycles. The third-order valence-electron chi connectivity index (χ3n) is 1.67. The van der Waals surface area contributed by atoms with Crippen molar-refractivity contribution in [1.82, 2.24) is 15.6 Å². The van der Waals surface area contributed by atoms with Crippen molar-refractivity contribution in [2.45, 2.75) is 52.5 Å². The first kappa shape index (κ1) is 13.1. The maximum atomic E-state index is 3.53. The SMILES string of the molecule is CCN[SiH2]C(NC(C)C)NC(C)C. The Balaban J connectivity index is 3.73. The van der Waals surface area contributed by atoms with E-state index in [1.807, 2.05) is 0 Å². The minimum atomic E-state index is -0.233. The highest BCUT2D eigenvalue weighted by molar-refractivity contribution is 6.34. The van der Waals surface area contributed by atoms with Gasteiger partial charge in [0.05, 0.1) is 5.79 Å². The molecule has 0 aromatic heterocycles. The Labute approximate surface area is 85.0 Å². The van der Waals surface area contributed by atoms with E-state index in [-0.39, 0.29) is 9.68 Å². The maximum Gasteiger partial charge on any atom is 0.127 e. The molecule has 0 aliphatic rings. The Kier molecular flexibility index (Phi) is 7.55. The zero-order valence-corrected chi connectivity index (χ0v) is 11.1. The summed E-state index contributed by atoms with van der Waals surface area (Å²) in [6, 6.07) is 1.12. The molecule has 3 N–H and O–H groups in total. The molecule has 0 aromatic rings. The van der Waals surface area contributed by atoms with Crippen LogP contribution in [0.2, 0.25) is 0 Å². The minimum Gasteiger partial charge on any atom is -0.340 e. The maximum absolute atomic E-state index is 3.53. The topological polar surface area (TPSA) is 36.1 Å². The monoisotopic (exact) mass is 203 g/mol. The number of nitrogens with one attached hydrogen (secondary N) is 3. The molecule has 80 valence electrons. The van der Waals surface area contributed by atoms with Gasteiger partial charge in [-0.1, -0.05) is 6.92 Å². The van der Waals surface area contributed by atoms with Gasteiger partial charge in [0.15, 0.2) is 0 Å². The molecule has 0 amide bonds. The summed E-state index contributed by atoms with van der Waals surface area (Å²) in [5.41, 5.74) is 0. The predicted octanol–water partition coefficient (Wildman–Crippen LogP) is -0.0407. The first-order valence-electron chi connectivity index (χ1n) is 5.29. The molecule has 4 heteroatoms. The van der Waals surface area contributed by atoms with Crippen LogP contribution in [0.25, 0.3) is 0 Å². The summed E-state index contributed by atoms with van der Waals surface area (Å²) in [5.74, 6) is 0.514. The smallest absolute Gasteiger partial charge is 0.127 e. The lowest BCUT2D eigenvalue weighted by Crippen LogP contribution is -2.55. The number of hydrogen-bond acceptors (Lipinski definition) is 3. The molecule has 0 aromatic carbocycles. The molecule has 0 rings (SSSR count). The highest BCUT2D eigenvalue weighted by Gasteiger charge is 2.09. The van der Waals surface area contributed by atoms with Crippen molar-refractivity contribution in [3.8, 4) is 0 Å². The van der Waals surface area contributed by atoms with E-state index in [4.69, 9.17) is 0 Å². The molecule has 0 bridgehead atoms. The largest absolute Gasteiger partial charge is 0.340 e. The van der Waals surface area contributed by atoms with Crippen LogP contribution < -0.4 is 15.6 Å². The lowest BCUT2D eigenvalue weighted by molar-refractivity contribution is 0.445. The van der Waals surface area contributed by atoms with E-state index in [0.29, 0.717) is 17.9 Å². The van der Waals surface area contributed by atoms with Crippen molar-refractivity contribution in [2.75, 3.05) is 6.54 Å². The van der Waals surface area contributed by atoms with Gasteiger partial charge in [-0.05, 0) is 34.2 Å². The molecular weight excluding hydrogens is 178 g/mol. The normalized spacial score (nSPS) is 12.9. The van der Waals surface area contributed by atoms with Crippen LogP contribution in [-0.2, 0) is 0 Å². The molecule has 0 aliphatic heterocycles. The van der Waals surface area contributed by atoms with Crippen LogP contribution in [0.5, 0.6) is 0 Å². The summed E-state index contributed by atoms with van der Waals surface area (Å²) < 4.78 is 0. The van der Waals surface area contributed by atoms with E-state index in [9.17, 15) is 0 Å². The van der Waals surface area contributed by atoms with Gasteiger partial charge in [-0.25, -0.2) is 0 Å². The van der Waals surface area contributed by atoms with Crippen molar-refractivity contribution in [3.63, 3.8) is 0 Å². The molecule has 0 fully saturated rings. The van der Waals surface area contributed by atoms with Gasteiger partial charge in [-0.3, -0.25) is 0 Å². The fraction of sp³-hybridized carbons (Fsp3) is 1.00. The molecule has 0 saturated carbocycles. The van der Waals surface area contributed by atoms with Crippen LogP contribution in [0.4, 0.5) is 0 Å². The van der Waals surface area contributed by atoms with Crippen LogP contribution in [-0.4, -0.2) is 34.1 Å². The molecule has 0 unspecified atom stereocenters. The van der Waals surface area contributed by atoms with Gasteiger partial charge in [0, 0.05) is 12.1 Å². The Hall–Kier alpha value is 0.0969. The number of hydrogen-bond donors (Lipinski definition) is 3. The van der Waals surface area contributed by atoms with Gasteiger partial charge in [0.25, 0.3) is 0 Å². The van der Waals surface area contributed by atoms with E-state index in [2.05, 4.69) is 50.2 Å². The Morgan fingerprint density at radius 3 is 1.77 bits per heavy atom. The second-order valence-electron chi connectivity index (χ2n) is 4.00. The summed E-state index contributed by atoms with van der Waals surface area (Å²) in [4.78, 5) is 3.47. The van der Waals surface area contributed by atoms with E-state index < -0.39 is 0 Å². The zero-order valence-electron chi connectivity index (χ0n) is 9.65. The molecule has 0 spiro atoms. The second-order valence-corrected chi connectivity index (χ2v) is 5.73. The highest BCUT2D eigenvalue weighted by atomic mass is 28.2. The van der Waals surface area contributed by atoms with E-state index >= 15 is 0 Å². The minimum absolute atomic E-state index is 0.233. The zero-order chi connectivity index (χ0) is 10.3. The summed E-state index contributed by atoms with van der Waals surface area (Å²) in [5, 5.41) is 7.07. The first-order chi connectivity index (χ1) is 6.06. The van der Waals surface area contributed by atoms with Crippen molar-refractivity contribution in [1.29, 1.82) is 0 Å². The molecule has 3 nitrogen and oxygen atoms in total. The average molecular weight is 203 g/mol. The quantitative estimate of drug-likeness (QED) is 0.401. The van der Waals surface area contributed by atoms with Gasteiger partial charge in [0.2, 0.25) is 0 Å². The molecule has 0 saturated heterocycles. The lowest BCUT2D eigenvalue weighted by Gasteiger charge is -2.24. The third-order valence-corrected chi connectivity index (χ3v) is 3.34. The van der Waals surface area contributed by atoms with Crippen LogP contribution >= 0.6 is 0 Å². The second kappa shape index (κ2) is 7.50. The van der Waals surface area contributed by atoms with Gasteiger partial charge in [0.1, 0.15) is 9.68 Å². The van der Waals surface area contributed by atoms with Crippen LogP contribution in [0, 0.1) is 0 Å². The average Bonchev–Trinajstić information content (AvgIpc) is 1.98. The first-order valence-corrected chi connectivity index (χ1v) is 6.81. The van der Waals surface area contributed by atoms with Gasteiger partial charge in [-0.15, -0.1) is 0 Å². The van der Waals surface area contributed by atoms with Crippen molar-refractivity contribution in [3.05, 3.63) is 0 Å². The Bertz CT molecular complexity index is 107. The highest BCUT2D eigenvalue weighted by Crippen LogP contribution is 1.84. The summed E-state index contributed by atoms with van der Waals surface area (Å²) in [6.07, 6.45) is 0. The molecule has 0 radical (unpaired) electrons. The van der Waals surface area contributed by atoms with E-state index in [1.54, 1.807) is 0 Å². The van der Waals surface area contributed by atoms with Crippen molar-refractivity contribution >= 4 is 9.68 Å². The van der Waals surface area contributed by atoms with Crippen molar-refractivity contribution in [2.24, 2.45) is 0 Å². The molecule has 13 heavy (non-hydrogen) atoms. The third kappa shape index (κ3) is 8.43. The predicted molar refractivity (Wildman–Crippen MR) is 62.6 cm³/mol. The summed E-state index contributed by atoms with van der Waals surface area (Å²) >= 11 is 0. The standard InChI is InChI=1S/C9H25N3Si/c1-6-10-13-9(11-7(2)3)12-8(4)5/h7-12H,6,13H2,1-5H3. The molecular formula is C9H25N3Si. The van der Waals surface area contributed by atoms with Crippen LogP contribution in [0.1, 0.15) is 34.6 Å². The Morgan fingerprint density at radius 2 is 1.46 bits per heavy atom.